The Labute approximate surface area is 133 Å². The average Bonchev–Trinajstić information content (AvgIpc) is 2.95. The van der Waals surface area contributed by atoms with Gasteiger partial charge in [0.15, 0.2) is 15.6 Å². The van der Waals surface area contributed by atoms with E-state index in [9.17, 15) is 13.2 Å². The van der Waals surface area contributed by atoms with Gasteiger partial charge < -0.3 is 0 Å². The van der Waals surface area contributed by atoms with E-state index >= 15 is 0 Å². The van der Waals surface area contributed by atoms with Crippen LogP contribution < -0.4 is 0 Å². The van der Waals surface area contributed by atoms with Gasteiger partial charge in [-0.05, 0) is 35.6 Å². The molecule has 0 radical (unpaired) electrons. The van der Waals surface area contributed by atoms with Crippen LogP contribution in [0.3, 0.4) is 0 Å². The molecule has 0 aliphatic rings. The number of hydrogen-bond acceptors (Lipinski definition) is 4. The number of rotatable bonds is 7. The minimum absolute atomic E-state index is 0.00620. The maximum Gasteiger partial charge on any atom is 0.172 e. The van der Waals surface area contributed by atoms with Crippen LogP contribution in [-0.2, 0) is 15.6 Å². The summed E-state index contributed by atoms with van der Waals surface area (Å²) in [7, 11) is -3.20. The van der Waals surface area contributed by atoms with Crippen LogP contribution in [0.4, 0.5) is 0 Å². The molecule has 0 bridgehead atoms. The number of benzene rings is 1. The molecule has 0 fully saturated rings. The van der Waals surface area contributed by atoms with Crippen molar-refractivity contribution in [3.8, 4) is 0 Å². The molecule has 1 aromatic heterocycles. The van der Waals surface area contributed by atoms with E-state index in [-0.39, 0.29) is 23.7 Å². The average molecular weight is 343 g/mol. The Balaban J connectivity index is 1.84. The largest absolute Gasteiger partial charge is 0.293 e. The number of halogens is 1. The highest BCUT2D eigenvalue weighted by molar-refractivity contribution is 7.90. The van der Waals surface area contributed by atoms with Crippen molar-refractivity contribution in [3.63, 3.8) is 0 Å². The van der Waals surface area contributed by atoms with Crippen LogP contribution in [0.25, 0.3) is 0 Å². The first-order chi connectivity index (χ1) is 9.96. The molecule has 0 unspecified atom stereocenters. The number of carbonyl (C=O) groups excluding carboxylic acids is 1. The van der Waals surface area contributed by atoms with Crippen molar-refractivity contribution in [1.82, 2.24) is 0 Å². The minimum atomic E-state index is -3.20. The Bertz CT molecular complexity index is 689. The summed E-state index contributed by atoms with van der Waals surface area (Å²) in [5, 5.41) is 2.42. The molecule has 1 aromatic carbocycles. The quantitative estimate of drug-likeness (QED) is 0.715. The highest BCUT2D eigenvalue weighted by Gasteiger charge is 2.14. The number of sulfone groups is 1. The van der Waals surface area contributed by atoms with Gasteiger partial charge >= 0.3 is 0 Å². The van der Waals surface area contributed by atoms with Crippen molar-refractivity contribution in [2.24, 2.45) is 0 Å². The molecule has 0 aliphatic carbocycles. The third-order valence-corrected chi connectivity index (χ3v) is 5.80. The molecule has 0 saturated carbocycles. The van der Waals surface area contributed by atoms with Gasteiger partial charge in [-0.2, -0.15) is 0 Å². The van der Waals surface area contributed by atoms with Crippen molar-refractivity contribution in [3.05, 3.63) is 57.2 Å². The second-order valence-corrected chi connectivity index (χ2v) is 8.29. The van der Waals surface area contributed by atoms with Crippen molar-refractivity contribution in [2.45, 2.75) is 18.6 Å². The summed E-state index contributed by atoms with van der Waals surface area (Å²) in [6.45, 7) is 0. The van der Waals surface area contributed by atoms with Gasteiger partial charge in [-0.1, -0.05) is 29.8 Å². The Morgan fingerprint density at radius 2 is 1.86 bits per heavy atom. The zero-order valence-corrected chi connectivity index (χ0v) is 13.7. The summed E-state index contributed by atoms with van der Waals surface area (Å²) in [6.07, 6.45) is 0.618. The zero-order chi connectivity index (χ0) is 15.3. The Morgan fingerprint density at radius 1 is 1.14 bits per heavy atom. The summed E-state index contributed by atoms with van der Waals surface area (Å²) in [5.41, 5.74) is 0.712. The summed E-state index contributed by atoms with van der Waals surface area (Å²) in [4.78, 5) is 12.5. The van der Waals surface area contributed by atoms with E-state index in [1.54, 1.807) is 30.3 Å². The van der Waals surface area contributed by atoms with E-state index in [0.717, 1.165) is 0 Å². The van der Waals surface area contributed by atoms with Crippen LogP contribution in [0.1, 0.15) is 28.1 Å². The van der Waals surface area contributed by atoms with Crippen LogP contribution in [0.15, 0.2) is 41.8 Å². The first-order valence-corrected chi connectivity index (χ1v) is 9.56. The molecule has 0 aliphatic heterocycles. The third kappa shape index (κ3) is 5.26. The van der Waals surface area contributed by atoms with Crippen molar-refractivity contribution in [1.29, 1.82) is 0 Å². The summed E-state index contributed by atoms with van der Waals surface area (Å²) < 4.78 is 24.0. The van der Waals surface area contributed by atoms with Gasteiger partial charge in [0.05, 0.1) is 16.4 Å². The van der Waals surface area contributed by atoms with E-state index in [0.29, 0.717) is 21.9 Å². The Hall–Kier alpha value is -1.17. The number of ketones is 1. The number of carbonyl (C=O) groups is 1. The molecular weight excluding hydrogens is 328 g/mol. The molecule has 112 valence electrons. The molecule has 2 aromatic rings. The molecule has 0 saturated heterocycles. The summed E-state index contributed by atoms with van der Waals surface area (Å²) in [5.74, 6) is 0.0103. The maximum atomic E-state index is 12.0. The Kier molecular flexibility index (Phi) is 5.56. The van der Waals surface area contributed by atoms with Gasteiger partial charge in [0.2, 0.25) is 0 Å². The van der Waals surface area contributed by atoms with Crippen LogP contribution in [0.5, 0.6) is 0 Å². The van der Waals surface area contributed by atoms with E-state index in [4.69, 9.17) is 11.6 Å². The zero-order valence-electron chi connectivity index (χ0n) is 11.3. The maximum absolute atomic E-state index is 12.0. The second-order valence-electron chi connectivity index (χ2n) is 4.72. The lowest BCUT2D eigenvalue weighted by Crippen LogP contribution is -2.11. The van der Waals surface area contributed by atoms with Gasteiger partial charge in [-0.3, -0.25) is 4.79 Å². The van der Waals surface area contributed by atoms with Gasteiger partial charge in [0.25, 0.3) is 0 Å². The first-order valence-electron chi connectivity index (χ1n) is 6.48. The fraction of sp³-hybridized carbons (Fsp3) is 0.267. The lowest BCUT2D eigenvalue weighted by Gasteiger charge is -2.04. The fourth-order valence-corrected chi connectivity index (χ4v) is 4.17. The van der Waals surface area contributed by atoms with Crippen LogP contribution >= 0.6 is 22.9 Å². The summed E-state index contributed by atoms with van der Waals surface area (Å²) in [6, 6.07) is 10.3. The number of hydrogen-bond donors (Lipinski definition) is 0. The molecule has 21 heavy (non-hydrogen) atoms. The molecule has 0 N–H and O–H groups in total. The van der Waals surface area contributed by atoms with E-state index in [1.807, 2.05) is 11.4 Å². The lowest BCUT2D eigenvalue weighted by molar-refractivity contribution is 0.0986. The predicted octanol–water partition coefficient (Wildman–Crippen LogP) is 3.98. The van der Waals surface area contributed by atoms with Gasteiger partial charge in [-0.25, -0.2) is 8.42 Å². The van der Waals surface area contributed by atoms with Crippen molar-refractivity contribution < 1.29 is 13.2 Å². The normalized spacial score (nSPS) is 11.5. The van der Waals surface area contributed by atoms with Gasteiger partial charge in [0.1, 0.15) is 0 Å². The molecule has 0 atom stereocenters. The predicted molar refractivity (Wildman–Crippen MR) is 86.8 cm³/mol. The van der Waals surface area contributed by atoms with E-state index < -0.39 is 9.84 Å². The molecule has 0 spiro atoms. The van der Waals surface area contributed by atoms with Crippen LogP contribution in [0.2, 0.25) is 5.02 Å². The van der Waals surface area contributed by atoms with Crippen molar-refractivity contribution in [2.75, 3.05) is 5.75 Å². The lowest BCUT2D eigenvalue weighted by atomic mass is 10.2. The monoisotopic (exact) mass is 342 g/mol. The molecular formula is C15H15ClO3S2. The molecule has 6 heteroatoms. The fourth-order valence-electron chi connectivity index (χ4n) is 1.92. The molecule has 1 heterocycles. The molecule has 0 amide bonds. The van der Waals surface area contributed by atoms with Crippen LogP contribution in [-0.4, -0.2) is 20.0 Å². The standard InChI is InChI=1S/C15H15ClO3S2/c16-13-7-5-12(6-8-13)11-21(18,19)10-2-3-14(17)15-4-1-9-20-15/h1,4-9H,2-3,10-11H2. The van der Waals surface area contributed by atoms with Gasteiger partial charge in [-0.15, -0.1) is 11.3 Å². The molecule has 3 nitrogen and oxygen atoms in total. The number of Topliss-reactive ketones (excluding diaryl/α,β-unsaturated/α-hetero) is 1. The first kappa shape index (κ1) is 16.2. The molecule has 2 rings (SSSR count). The van der Waals surface area contributed by atoms with E-state index in [2.05, 4.69) is 0 Å². The Morgan fingerprint density at radius 3 is 2.48 bits per heavy atom. The van der Waals surface area contributed by atoms with Crippen molar-refractivity contribution >= 4 is 38.6 Å². The van der Waals surface area contributed by atoms with E-state index in [1.165, 1.54) is 11.3 Å². The highest BCUT2D eigenvalue weighted by Crippen LogP contribution is 2.15. The third-order valence-electron chi connectivity index (χ3n) is 2.96. The number of thiophene rings is 1. The van der Waals surface area contributed by atoms with Crippen LogP contribution in [0, 0.1) is 0 Å². The van der Waals surface area contributed by atoms with Gasteiger partial charge in [0, 0.05) is 11.4 Å². The summed E-state index contributed by atoms with van der Waals surface area (Å²) >= 11 is 7.15. The SMILES string of the molecule is O=C(CCCS(=O)(=O)Cc1ccc(Cl)cc1)c1cccs1. The minimum Gasteiger partial charge on any atom is -0.293 e. The smallest absolute Gasteiger partial charge is 0.172 e. The second kappa shape index (κ2) is 7.20. The highest BCUT2D eigenvalue weighted by atomic mass is 35.5. The topological polar surface area (TPSA) is 51.2 Å².